The van der Waals surface area contributed by atoms with Crippen LogP contribution in [0, 0.1) is 0 Å². The zero-order valence-corrected chi connectivity index (χ0v) is 23.9. The van der Waals surface area contributed by atoms with Crippen molar-refractivity contribution in [2.24, 2.45) is 0 Å². The van der Waals surface area contributed by atoms with Crippen molar-refractivity contribution < 1.29 is 28.5 Å². The Labute approximate surface area is 247 Å². The first-order chi connectivity index (χ1) is 20.9. The van der Waals surface area contributed by atoms with E-state index in [4.69, 9.17) is 18.9 Å². The van der Waals surface area contributed by atoms with Gasteiger partial charge in [-0.3, -0.25) is 19.3 Å². The van der Waals surface area contributed by atoms with Crippen LogP contribution in [0.2, 0.25) is 0 Å². The molecule has 4 aromatic rings. The molecule has 2 amide bonds. The molecular weight excluding hydrogens is 554 g/mol. The maximum absolute atomic E-state index is 13.4. The second kappa shape index (κ2) is 12.0. The van der Waals surface area contributed by atoms with Crippen molar-refractivity contribution in [1.82, 2.24) is 24.9 Å². The summed E-state index contributed by atoms with van der Waals surface area (Å²) in [6.45, 7) is 3.28. The minimum Gasteiger partial charge on any atom is -0.497 e. The molecule has 1 fully saturated rings. The molecule has 222 valence electrons. The number of aromatic nitrogens is 2. The van der Waals surface area contributed by atoms with Gasteiger partial charge < -0.3 is 29.2 Å². The van der Waals surface area contributed by atoms with E-state index in [0.29, 0.717) is 54.1 Å². The van der Waals surface area contributed by atoms with Crippen LogP contribution in [0.15, 0.2) is 65.5 Å². The van der Waals surface area contributed by atoms with Crippen LogP contribution in [0.3, 0.4) is 0 Å². The van der Waals surface area contributed by atoms with Crippen molar-refractivity contribution in [3.63, 3.8) is 0 Å². The fraction of sp³-hybridized carbons (Fsp3) is 0.290. The SMILES string of the molecule is COc1ccc(-n2nc(C(=O)NCC(=O)N3CCN(Cc4ccc5c(c4)OCO5)CC3)c3ccccc3c2=O)c(OC)c1. The molecular formula is C31H31N5O7. The van der Waals surface area contributed by atoms with Crippen molar-refractivity contribution in [3.8, 4) is 28.7 Å². The maximum Gasteiger partial charge on any atom is 0.279 e. The van der Waals surface area contributed by atoms with Crippen LogP contribution in [-0.2, 0) is 11.3 Å². The molecule has 2 aliphatic rings. The van der Waals surface area contributed by atoms with E-state index in [-0.39, 0.29) is 24.9 Å². The van der Waals surface area contributed by atoms with Gasteiger partial charge in [0.2, 0.25) is 12.7 Å². The Morgan fingerprint density at radius 2 is 1.67 bits per heavy atom. The average Bonchev–Trinajstić information content (AvgIpc) is 3.52. The quantitative estimate of drug-likeness (QED) is 0.331. The van der Waals surface area contributed by atoms with Crippen LogP contribution >= 0.6 is 0 Å². The molecule has 12 nitrogen and oxygen atoms in total. The van der Waals surface area contributed by atoms with Crippen molar-refractivity contribution in [1.29, 1.82) is 0 Å². The summed E-state index contributed by atoms with van der Waals surface area (Å²) in [6.07, 6.45) is 0. The van der Waals surface area contributed by atoms with Crippen LogP contribution in [0.4, 0.5) is 0 Å². The lowest BCUT2D eigenvalue weighted by Gasteiger charge is -2.34. The fourth-order valence-corrected chi connectivity index (χ4v) is 5.28. The normalized spacial score (nSPS) is 14.5. The lowest BCUT2D eigenvalue weighted by atomic mass is 10.1. The Bertz CT molecular complexity index is 1750. The van der Waals surface area contributed by atoms with Gasteiger partial charge in [-0.2, -0.15) is 9.78 Å². The van der Waals surface area contributed by atoms with Gasteiger partial charge in [0.15, 0.2) is 17.2 Å². The number of amides is 2. The molecule has 43 heavy (non-hydrogen) atoms. The van der Waals surface area contributed by atoms with E-state index in [1.165, 1.54) is 14.2 Å². The number of benzene rings is 3. The first kappa shape index (κ1) is 28.0. The number of nitrogens with zero attached hydrogens (tertiary/aromatic N) is 4. The van der Waals surface area contributed by atoms with E-state index in [9.17, 15) is 14.4 Å². The van der Waals surface area contributed by atoms with Crippen molar-refractivity contribution in [2.45, 2.75) is 6.54 Å². The second-order valence-corrected chi connectivity index (χ2v) is 10.2. The summed E-state index contributed by atoms with van der Waals surface area (Å²) >= 11 is 0. The van der Waals surface area contributed by atoms with Gasteiger partial charge in [-0.15, -0.1) is 0 Å². The highest BCUT2D eigenvalue weighted by Crippen LogP contribution is 2.33. The molecule has 12 heteroatoms. The summed E-state index contributed by atoms with van der Waals surface area (Å²) < 4.78 is 22.7. The lowest BCUT2D eigenvalue weighted by Crippen LogP contribution is -2.50. The zero-order valence-electron chi connectivity index (χ0n) is 23.9. The number of hydrogen-bond acceptors (Lipinski definition) is 9. The molecule has 0 saturated carbocycles. The van der Waals surface area contributed by atoms with Crippen LogP contribution in [-0.4, -0.2) is 85.1 Å². The Morgan fingerprint density at radius 1 is 0.907 bits per heavy atom. The highest BCUT2D eigenvalue weighted by Gasteiger charge is 2.24. The standard InChI is InChI=1S/C31H31N5O7/c1-40-21-8-9-24(26(16-21)41-2)36-31(39)23-6-4-3-5-22(23)29(33-36)30(38)32-17-28(37)35-13-11-34(12-14-35)18-20-7-10-25-27(15-20)43-19-42-25/h3-10,15-16H,11-14,17-19H2,1-2H3,(H,32,38). The highest BCUT2D eigenvalue weighted by molar-refractivity contribution is 6.05. The van der Waals surface area contributed by atoms with Crippen LogP contribution < -0.4 is 29.8 Å². The second-order valence-electron chi connectivity index (χ2n) is 10.2. The number of nitrogens with one attached hydrogen (secondary N) is 1. The number of ether oxygens (including phenoxy) is 4. The highest BCUT2D eigenvalue weighted by atomic mass is 16.7. The summed E-state index contributed by atoms with van der Waals surface area (Å²) in [5, 5.41) is 7.83. The van der Waals surface area contributed by atoms with Crippen LogP contribution in [0.5, 0.6) is 23.0 Å². The number of carbonyl (C=O) groups is 2. The van der Waals surface area contributed by atoms with Crippen molar-refractivity contribution in [3.05, 3.63) is 82.3 Å². The number of piperazine rings is 1. The Balaban J connectivity index is 1.13. The smallest absolute Gasteiger partial charge is 0.279 e. The summed E-state index contributed by atoms with van der Waals surface area (Å²) in [4.78, 5) is 43.8. The predicted octanol–water partition coefficient (Wildman–Crippen LogP) is 2.21. The third-order valence-electron chi connectivity index (χ3n) is 7.60. The van der Waals surface area contributed by atoms with E-state index in [1.54, 1.807) is 47.4 Å². The number of methoxy groups -OCH3 is 2. The molecule has 0 spiro atoms. The van der Waals surface area contributed by atoms with E-state index < -0.39 is 11.5 Å². The Kier molecular flexibility index (Phi) is 7.84. The van der Waals surface area contributed by atoms with Gasteiger partial charge in [0.1, 0.15) is 17.2 Å². The molecule has 6 rings (SSSR count). The number of hydrogen-bond donors (Lipinski definition) is 1. The van der Waals surface area contributed by atoms with Gasteiger partial charge in [-0.1, -0.05) is 24.3 Å². The molecule has 0 unspecified atom stereocenters. The molecule has 3 heterocycles. The van der Waals surface area contributed by atoms with Crippen molar-refractivity contribution in [2.75, 3.05) is 53.7 Å². The molecule has 0 atom stereocenters. The summed E-state index contributed by atoms with van der Waals surface area (Å²) in [5.41, 5.74) is 1.08. The predicted molar refractivity (Wildman–Crippen MR) is 157 cm³/mol. The topological polar surface area (TPSA) is 124 Å². The van der Waals surface area contributed by atoms with Gasteiger partial charge in [0.25, 0.3) is 11.5 Å². The molecule has 1 N–H and O–H groups in total. The van der Waals surface area contributed by atoms with E-state index >= 15 is 0 Å². The molecule has 1 aromatic heterocycles. The molecule has 3 aromatic carbocycles. The third kappa shape index (κ3) is 5.69. The minimum atomic E-state index is -0.563. The van der Waals surface area contributed by atoms with Gasteiger partial charge in [0.05, 0.1) is 26.2 Å². The van der Waals surface area contributed by atoms with Gasteiger partial charge in [0, 0.05) is 44.2 Å². The van der Waals surface area contributed by atoms with E-state index in [1.807, 2.05) is 18.2 Å². The summed E-state index contributed by atoms with van der Waals surface area (Å²) in [7, 11) is 3.00. The average molecular weight is 586 g/mol. The first-order valence-electron chi connectivity index (χ1n) is 13.9. The third-order valence-corrected chi connectivity index (χ3v) is 7.60. The number of rotatable bonds is 8. The van der Waals surface area contributed by atoms with E-state index in [2.05, 4.69) is 15.3 Å². The first-order valence-corrected chi connectivity index (χ1v) is 13.9. The van der Waals surface area contributed by atoms with Gasteiger partial charge in [-0.25, -0.2) is 0 Å². The van der Waals surface area contributed by atoms with E-state index in [0.717, 1.165) is 28.3 Å². The zero-order chi connectivity index (χ0) is 29.9. The Morgan fingerprint density at radius 3 is 2.44 bits per heavy atom. The van der Waals surface area contributed by atoms with Crippen LogP contribution in [0.25, 0.3) is 16.5 Å². The summed E-state index contributed by atoms with van der Waals surface area (Å²) in [6, 6.07) is 17.6. The number of carbonyl (C=O) groups excluding carboxylic acids is 2. The largest absolute Gasteiger partial charge is 0.497 e. The van der Waals surface area contributed by atoms with Crippen molar-refractivity contribution >= 4 is 22.6 Å². The van der Waals surface area contributed by atoms with Crippen LogP contribution in [0.1, 0.15) is 16.1 Å². The lowest BCUT2D eigenvalue weighted by molar-refractivity contribution is -0.131. The molecule has 0 radical (unpaired) electrons. The molecule has 1 saturated heterocycles. The van der Waals surface area contributed by atoms with Gasteiger partial charge in [-0.05, 0) is 35.9 Å². The fourth-order valence-electron chi connectivity index (χ4n) is 5.28. The summed E-state index contributed by atoms with van der Waals surface area (Å²) in [5.74, 6) is 1.65. The Hall–Kier alpha value is -5.10. The minimum absolute atomic E-state index is 0.0226. The molecule has 0 bridgehead atoms. The molecule has 2 aliphatic heterocycles. The van der Waals surface area contributed by atoms with Gasteiger partial charge >= 0.3 is 0 Å². The maximum atomic E-state index is 13.4. The monoisotopic (exact) mass is 585 g/mol. The molecule has 0 aliphatic carbocycles. The number of fused-ring (bicyclic) bond motifs is 2.